The number of rotatable bonds is 6. The lowest BCUT2D eigenvalue weighted by Gasteiger charge is -2.12. The molecule has 1 aromatic heterocycles. The van der Waals surface area contributed by atoms with E-state index in [1.165, 1.54) is 12.1 Å². The Morgan fingerprint density at radius 1 is 0.927 bits per heavy atom. The van der Waals surface area contributed by atoms with E-state index < -0.39 is 23.6 Å². The maximum absolute atomic E-state index is 13.0. The van der Waals surface area contributed by atoms with Crippen molar-refractivity contribution in [1.82, 2.24) is 4.98 Å². The Morgan fingerprint density at radius 2 is 1.63 bits per heavy atom. The van der Waals surface area contributed by atoms with Crippen LogP contribution in [0.4, 0.5) is 35.9 Å². The largest absolute Gasteiger partial charge is 0.478 e. The van der Waals surface area contributed by atoms with E-state index in [0.29, 0.717) is 50.8 Å². The molecule has 0 fully saturated rings. The molecule has 5 N–H and O–H groups in total. The van der Waals surface area contributed by atoms with Crippen LogP contribution in [-0.2, 0) is 11.0 Å². The van der Waals surface area contributed by atoms with Crippen LogP contribution in [0.25, 0.3) is 11.6 Å². The van der Waals surface area contributed by atoms with E-state index in [1.807, 2.05) is 0 Å². The molecule has 0 radical (unpaired) electrons. The molecule has 0 saturated carbocycles. The Morgan fingerprint density at radius 3 is 2.34 bits per heavy atom. The lowest BCUT2D eigenvalue weighted by Crippen LogP contribution is -2.14. The van der Waals surface area contributed by atoms with Crippen LogP contribution in [0.5, 0.6) is 0 Å². The lowest BCUT2D eigenvalue weighted by atomic mass is 10.0. The number of aromatic carboxylic acids is 1. The van der Waals surface area contributed by atoms with Gasteiger partial charge in [0.1, 0.15) is 0 Å². The first kappa shape index (κ1) is 27.3. The van der Waals surface area contributed by atoms with Gasteiger partial charge in [0.15, 0.2) is 0 Å². The van der Waals surface area contributed by atoms with Crippen molar-refractivity contribution in [2.24, 2.45) is 0 Å². The first-order valence-corrected chi connectivity index (χ1v) is 12.4. The van der Waals surface area contributed by atoms with E-state index in [-0.39, 0.29) is 17.0 Å². The number of aromatic nitrogens is 1. The molecule has 3 aromatic carbocycles. The number of carbonyl (C=O) groups is 3. The van der Waals surface area contributed by atoms with E-state index in [2.05, 4.69) is 20.9 Å². The van der Waals surface area contributed by atoms with Gasteiger partial charge in [0.2, 0.25) is 0 Å². The summed E-state index contributed by atoms with van der Waals surface area (Å²) in [5.41, 5.74) is 3.86. The molecule has 5 rings (SSSR count). The maximum Gasteiger partial charge on any atom is 0.416 e. The van der Waals surface area contributed by atoms with Gasteiger partial charge in [-0.1, -0.05) is 18.2 Å². The second-order valence-corrected chi connectivity index (χ2v) is 9.48. The van der Waals surface area contributed by atoms with Gasteiger partial charge in [-0.25, -0.2) is 4.79 Å². The molecule has 1 aliphatic heterocycles. The normalized spacial score (nSPS) is 13.6. The zero-order chi connectivity index (χ0) is 29.5. The van der Waals surface area contributed by atoms with Crippen LogP contribution in [0.1, 0.15) is 48.8 Å². The average molecular weight is 561 g/mol. The van der Waals surface area contributed by atoms with E-state index in [1.54, 1.807) is 62.4 Å². The molecule has 0 aliphatic carbocycles. The van der Waals surface area contributed by atoms with Gasteiger partial charge in [0.25, 0.3) is 11.8 Å². The van der Waals surface area contributed by atoms with Gasteiger partial charge in [-0.15, -0.1) is 0 Å². The number of hydrogen-bond donors (Lipinski definition) is 5. The lowest BCUT2D eigenvalue weighted by molar-refractivity contribution is -0.137. The van der Waals surface area contributed by atoms with Gasteiger partial charge in [-0.2, -0.15) is 13.2 Å². The number of aromatic amines is 1. The van der Waals surface area contributed by atoms with Crippen molar-refractivity contribution in [1.29, 1.82) is 0 Å². The quantitative estimate of drug-likeness (QED) is 0.165. The Labute approximate surface area is 231 Å². The number of anilines is 4. The Kier molecular flexibility index (Phi) is 6.87. The number of amides is 2. The van der Waals surface area contributed by atoms with Crippen LogP contribution in [0, 0.1) is 13.8 Å². The maximum atomic E-state index is 13.0. The fourth-order valence-electron chi connectivity index (χ4n) is 4.68. The summed E-state index contributed by atoms with van der Waals surface area (Å²) in [7, 11) is 0. The van der Waals surface area contributed by atoms with Crippen LogP contribution in [0.3, 0.4) is 0 Å². The number of carboxylic acid groups (broad SMARTS) is 1. The predicted octanol–water partition coefficient (Wildman–Crippen LogP) is 6.84. The minimum Gasteiger partial charge on any atom is -0.478 e. The van der Waals surface area contributed by atoms with Crippen molar-refractivity contribution in [2.45, 2.75) is 20.0 Å². The molecule has 0 bridgehead atoms. The molecule has 8 nitrogen and oxygen atoms in total. The topological polar surface area (TPSA) is 123 Å². The minimum absolute atomic E-state index is 0.125. The molecule has 2 heterocycles. The van der Waals surface area contributed by atoms with Crippen LogP contribution >= 0.6 is 0 Å². The molecule has 208 valence electrons. The third-order valence-corrected chi connectivity index (χ3v) is 6.64. The van der Waals surface area contributed by atoms with E-state index in [0.717, 1.165) is 12.1 Å². The molecular weight excluding hydrogens is 537 g/mol. The first-order chi connectivity index (χ1) is 19.4. The molecule has 0 spiro atoms. The van der Waals surface area contributed by atoms with Crippen molar-refractivity contribution in [3.8, 4) is 0 Å². The van der Waals surface area contributed by atoms with Gasteiger partial charge >= 0.3 is 12.1 Å². The summed E-state index contributed by atoms with van der Waals surface area (Å²) in [6, 6.07) is 16.1. The summed E-state index contributed by atoms with van der Waals surface area (Å²) in [4.78, 5) is 39.9. The highest BCUT2D eigenvalue weighted by Crippen LogP contribution is 2.37. The number of nitrogens with one attached hydrogen (secondary N) is 4. The number of aryl methyl sites for hydroxylation is 1. The Bertz CT molecular complexity index is 1750. The molecule has 11 heteroatoms. The molecule has 2 amide bonds. The fourth-order valence-corrected chi connectivity index (χ4v) is 4.68. The van der Waals surface area contributed by atoms with Gasteiger partial charge in [0.05, 0.1) is 22.4 Å². The second kappa shape index (κ2) is 10.3. The van der Waals surface area contributed by atoms with Crippen molar-refractivity contribution >= 4 is 52.2 Å². The highest BCUT2D eigenvalue weighted by Gasteiger charge is 2.31. The zero-order valence-corrected chi connectivity index (χ0v) is 21.7. The molecule has 41 heavy (non-hydrogen) atoms. The monoisotopic (exact) mass is 560 g/mol. The number of benzene rings is 3. The summed E-state index contributed by atoms with van der Waals surface area (Å²) in [6.45, 7) is 3.33. The van der Waals surface area contributed by atoms with E-state index >= 15 is 0 Å². The molecule has 1 aliphatic rings. The van der Waals surface area contributed by atoms with Gasteiger partial charge in [-0.05, 0) is 74.0 Å². The number of hydrogen-bond acceptors (Lipinski definition) is 4. The number of carboxylic acids is 1. The molecular formula is C30H23F3N4O4. The first-order valence-electron chi connectivity index (χ1n) is 12.4. The van der Waals surface area contributed by atoms with Crippen molar-refractivity contribution < 1.29 is 32.7 Å². The van der Waals surface area contributed by atoms with Crippen LogP contribution in [-0.4, -0.2) is 27.9 Å². The Balaban J connectivity index is 1.34. The van der Waals surface area contributed by atoms with Crippen molar-refractivity contribution in [2.75, 3.05) is 16.0 Å². The van der Waals surface area contributed by atoms with Gasteiger partial charge in [0, 0.05) is 39.6 Å². The molecule has 4 aromatic rings. The van der Waals surface area contributed by atoms with Crippen molar-refractivity contribution in [3.63, 3.8) is 0 Å². The highest BCUT2D eigenvalue weighted by molar-refractivity contribution is 6.35. The van der Waals surface area contributed by atoms with Crippen molar-refractivity contribution in [3.05, 3.63) is 106 Å². The number of fused-ring (bicyclic) bond motifs is 1. The number of H-pyrrole nitrogens is 1. The summed E-state index contributed by atoms with van der Waals surface area (Å²) < 4.78 is 39.0. The van der Waals surface area contributed by atoms with Crippen LogP contribution in [0.15, 0.2) is 66.7 Å². The average Bonchev–Trinajstić information content (AvgIpc) is 3.37. The summed E-state index contributed by atoms with van der Waals surface area (Å²) in [6.07, 6.45) is -2.94. The third kappa shape index (κ3) is 5.55. The van der Waals surface area contributed by atoms with E-state index in [9.17, 15) is 32.7 Å². The number of carbonyl (C=O) groups excluding carboxylic acids is 2. The SMILES string of the molecule is Cc1[nH]c(C=C2C(=O)Nc3cc(Nc4cccc(NC(=O)c5cccc(C(F)(F)F)c5)c4)ccc32)c(C)c1C(=O)O. The minimum atomic E-state index is -4.56. The molecule has 0 unspecified atom stereocenters. The van der Waals surface area contributed by atoms with Crippen LogP contribution < -0.4 is 16.0 Å². The highest BCUT2D eigenvalue weighted by atomic mass is 19.4. The van der Waals surface area contributed by atoms with Gasteiger partial charge < -0.3 is 26.0 Å². The number of halogens is 3. The third-order valence-electron chi connectivity index (χ3n) is 6.64. The van der Waals surface area contributed by atoms with Crippen LogP contribution in [0.2, 0.25) is 0 Å². The summed E-state index contributed by atoms with van der Waals surface area (Å²) in [5, 5.41) is 18.1. The summed E-state index contributed by atoms with van der Waals surface area (Å²) >= 11 is 0. The Hall–Kier alpha value is -5.32. The summed E-state index contributed by atoms with van der Waals surface area (Å²) in [5.74, 6) is -2.07. The number of alkyl halides is 3. The predicted molar refractivity (Wildman–Crippen MR) is 149 cm³/mol. The second-order valence-electron chi connectivity index (χ2n) is 9.48. The van der Waals surface area contributed by atoms with E-state index in [4.69, 9.17) is 0 Å². The zero-order valence-electron chi connectivity index (χ0n) is 21.7. The standard InChI is InChI=1S/C30H23F3N4O4/c1-15-24(34-16(2)26(15)29(40)41)14-23-22-10-9-21(13-25(22)37-28(23)39)35-19-7-4-8-20(12-19)36-27(38)17-5-3-6-18(11-17)30(31,32)33/h3-14,34-35H,1-2H3,(H,36,38)(H,37,39)(H,40,41). The van der Waals surface area contributed by atoms with Gasteiger partial charge in [-0.3, -0.25) is 9.59 Å². The smallest absolute Gasteiger partial charge is 0.416 e. The molecule has 0 saturated heterocycles. The molecule has 0 atom stereocenters. The fraction of sp³-hybridized carbons (Fsp3) is 0.100.